The van der Waals surface area contributed by atoms with Crippen molar-refractivity contribution >= 4 is 15.9 Å². The summed E-state index contributed by atoms with van der Waals surface area (Å²) in [5.41, 5.74) is 2.68. The first-order valence-corrected chi connectivity index (χ1v) is 7.12. The van der Waals surface area contributed by atoms with Gasteiger partial charge in [0.1, 0.15) is 18.2 Å². The normalized spacial score (nSPS) is 12.2. The minimum Gasteiger partial charge on any atom is -0.489 e. The van der Waals surface area contributed by atoms with Gasteiger partial charge in [-0.1, -0.05) is 17.7 Å². The number of rotatable bonds is 4. The van der Waals surface area contributed by atoms with Crippen molar-refractivity contribution in [3.05, 3.63) is 63.4 Å². The van der Waals surface area contributed by atoms with Gasteiger partial charge in [0.25, 0.3) is 0 Å². The van der Waals surface area contributed by atoms with Gasteiger partial charge in [-0.15, -0.1) is 0 Å². The van der Waals surface area contributed by atoms with Crippen molar-refractivity contribution < 1.29 is 14.2 Å². The largest absolute Gasteiger partial charge is 0.489 e. The summed E-state index contributed by atoms with van der Waals surface area (Å²) in [6.07, 6.45) is -0.593. The van der Waals surface area contributed by atoms with Crippen molar-refractivity contribution in [2.24, 2.45) is 0 Å². The fourth-order valence-electron chi connectivity index (χ4n) is 1.92. The molecule has 0 saturated carbocycles. The minimum atomic E-state index is -0.593. The Hall–Kier alpha value is -1.39. The average Bonchev–Trinajstić information content (AvgIpc) is 2.41. The molecule has 2 nitrogen and oxygen atoms in total. The van der Waals surface area contributed by atoms with Crippen molar-refractivity contribution in [2.45, 2.75) is 26.6 Å². The first-order valence-electron chi connectivity index (χ1n) is 6.32. The Balaban J connectivity index is 2.16. The molecule has 0 fully saturated rings. The van der Waals surface area contributed by atoms with Crippen LogP contribution in [0.4, 0.5) is 4.39 Å². The smallest absolute Gasteiger partial charge is 0.137 e. The van der Waals surface area contributed by atoms with Gasteiger partial charge in [0.15, 0.2) is 0 Å². The van der Waals surface area contributed by atoms with E-state index in [2.05, 4.69) is 15.9 Å². The fourth-order valence-corrected chi connectivity index (χ4v) is 2.34. The van der Waals surface area contributed by atoms with E-state index >= 15 is 0 Å². The predicted octanol–water partition coefficient (Wildman–Crippen LogP) is 4.53. The van der Waals surface area contributed by atoms with Crippen molar-refractivity contribution in [3.63, 3.8) is 0 Å². The number of aliphatic hydroxyl groups is 1. The average molecular weight is 339 g/mol. The highest BCUT2D eigenvalue weighted by Gasteiger charge is 2.10. The highest BCUT2D eigenvalue weighted by Crippen LogP contribution is 2.27. The summed E-state index contributed by atoms with van der Waals surface area (Å²) in [5.74, 6) is 0.347. The van der Waals surface area contributed by atoms with E-state index in [1.165, 1.54) is 6.07 Å². The number of hydrogen-bond acceptors (Lipinski definition) is 2. The molecule has 0 amide bonds. The fraction of sp³-hybridized carbons (Fsp3) is 0.250. The molecule has 20 heavy (non-hydrogen) atoms. The molecule has 0 aliphatic rings. The Morgan fingerprint density at radius 2 is 2.00 bits per heavy atom. The third-order valence-corrected chi connectivity index (χ3v) is 3.60. The summed E-state index contributed by atoms with van der Waals surface area (Å²) in [6.45, 7) is 3.99. The topological polar surface area (TPSA) is 29.5 Å². The zero-order chi connectivity index (χ0) is 14.7. The Kier molecular flexibility index (Phi) is 4.78. The number of aryl methyl sites for hydroxylation is 1. The van der Waals surface area contributed by atoms with Crippen LogP contribution in [0.15, 0.2) is 40.9 Å². The van der Waals surface area contributed by atoms with E-state index < -0.39 is 6.10 Å². The van der Waals surface area contributed by atoms with Crippen LogP contribution in [-0.4, -0.2) is 5.11 Å². The summed E-state index contributed by atoms with van der Waals surface area (Å²) in [6, 6.07) is 10.4. The number of hydrogen-bond donors (Lipinski definition) is 1. The van der Waals surface area contributed by atoms with Gasteiger partial charge >= 0.3 is 0 Å². The zero-order valence-electron chi connectivity index (χ0n) is 11.4. The van der Waals surface area contributed by atoms with Crippen molar-refractivity contribution in [2.75, 3.05) is 0 Å². The van der Waals surface area contributed by atoms with Gasteiger partial charge in [-0.3, -0.25) is 0 Å². The van der Waals surface area contributed by atoms with Crippen LogP contribution in [0.2, 0.25) is 0 Å². The van der Waals surface area contributed by atoms with E-state index in [1.807, 2.05) is 25.1 Å². The van der Waals surface area contributed by atoms with Crippen LogP contribution in [0, 0.1) is 12.7 Å². The molecule has 0 heterocycles. The van der Waals surface area contributed by atoms with E-state index in [9.17, 15) is 9.50 Å². The van der Waals surface area contributed by atoms with Crippen LogP contribution in [-0.2, 0) is 6.61 Å². The number of benzene rings is 2. The Morgan fingerprint density at radius 3 is 2.65 bits per heavy atom. The lowest BCUT2D eigenvalue weighted by Crippen LogP contribution is -2.01. The summed E-state index contributed by atoms with van der Waals surface area (Å²) in [5, 5.41) is 9.77. The maximum absolute atomic E-state index is 13.2. The SMILES string of the molecule is Cc1ccc(OCc2ccc(F)c(Br)c2)c([C@@H](C)O)c1. The monoisotopic (exact) mass is 338 g/mol. The second kappa shape index (κ2) is 6.37. The van der Waals surface area contributed by atoms with E-state index in [0.29, 0.717) is 16.8 Å². The Bertz CT molecular complexity index is 611. The van der Waals surface area contributed by atoms with Crippen LogP contribution < -0.4 is 4.74 Å². The van der Waals surface area contributed by atoms with Crippen LogP contribution in [0.25, 0.3) is 0 Å². The van der Waals surface area contributed by atoms with Crippen LogP contribution in [0.1, 0.15) is 29.7 Å². The molecule has 4 heteroatoms. The minimum absolute atomic E-state index is 0.297. The first-order chi connectivity index (χ1) is 9.47. The van der Waals surface area contributed by atoms with Crippen LogP contribution in [0.3, 0.4) is 0 Å². The lowest BCUT2D eigenvalue weighted by atomic mass is 10.1. The third-order valence-electron chi connectivity index (χ3n) is 2.99. The molecule has 0 aliphatic heterocycles. The summed E-state index contributed by atoms with van der Waals surface area (Å²) >= 11 is 3.15. The van der Waals surface area contributed by atoms with Crippen molar-refractivity contribution in [1.29, 1.82) is 0 Å². The lowest BCUT2D eigenvalue weighted by Gasteiger charge is -2.14. The van der Waals surface area contributed by atoms with Gasteiger partial charge < -0.3 is 9.84 Å². The Morgan fingerprint density at radius 1 is 1.25 bits per heavy atom. The highest BCUT2D eigenvalue weighted by molar-refractivity contribution is 9.10. The molecule has 1 N–H and O–H groups in total. The molecule has 0 spiro atoms. The van der Waals surface area contributed by atoms with Gasteiger partial charge in [-0.25, -0.2) is 4.39 Å². The maximum atomic E-state index is 13.2. The molecule has 0 aromatic heterocycles. The second-order valence-corrected chi connectivity index (χ2v) is 5.61. The molecule has 0 bridgehead atoms. The molecule has 2 aromatic carbocycles. The molecule has 2 aromatic rings. The maximum Gasteiger partial charge on any atom is 0.137 e. The van der Waals surface area contributed by atoms with Gasteiger partial charge in [-0.05, 0) is 59.6 Å². The number of aliphatic hydroxyl groups excluding tert-OH is 1. The standard InChI is InChI=1S/C16H16BrFO2/c1-10-3-6-16(13(7-10)11(2)19)20-9-12-4-5-15(18)14(17)8-12/h3-8,11,19H,9H2,1-2H3/t11-/m1/s1. The highest BCUT2D eigenvalue weighted by atomic mass is 79.9. The third kappa shape index (κ3) is 3.58. The molecular formula is C16H16BrFO2. The molecule has 0 saturated heterocycles. The van der Waals surface area contributed by atoms with E-state index in [-0.39, 0.29) is 5.82 Å². The molecule has 2 rings (SSSR count). The van der Waals surface area contributed by atoms with Crippen molar-refractivity contribution in [3.8, 4) is 5.75 Å². The summed E-state index contributed by atoms with van der Waals surface area (Å²) in [4.78, 5) is 0. The van der Waals surface area contributed by atoms with E-state index in [0.717, 1.165) is 16.7 Å². The van der Waals surface area contributed by atoms with E-state index in [1.54, 1.807) is 19.1 Å². The van der Waals surface area contributed by atoms with Gasteiger partial charge in [-0.2, -0.15) is 0 Å². The Labute approximate surface area is 126 Å². The number of halogens is 2. The lowest BCUT2D eigenvalue weighted by molar-refractivity contribution is 0.190. The second-order valence-electron chi connectivity index (χ2n) is 4.75. The van der Waals surface area contributed by atoms with E-state index in [4.69, 9.17) is 4.74 Å². The van der Waals surface area contributed by atoms with Crippen molar-refractivity contribution in [1.82, 2.24) is 0 Å². The molecule has 0 aliphatic carbocycles. The predicted molar refractivity (Wildman–Crippen MR) is 80.2 cm³/mol. The van der Waals surface area contributed by atoms with Crippen LogP contribution >= 0.6 is 15.9 Å². The molecule has 106 valence electrons. The van der Waals surface area contributed by atoms with Gasteiger partial charge in [0.2, 0.25) is 0 Å². The molecular weight excluding hydrogens is 323 g/mol. The zero-order valence-corrected chi connectivity index (χ0v) is 12.9. The molecule has 0 radical (unpaired) electrons. The van der Waals surface area contributed by atoms with Crippen LogP contribution in [0.5, 0.6) is 5.75 Å². The summed E-state index contributed by atoms with van der Waals surface area (Å²) in [7, 11) is 0. The van der Waals surface area contributed by atoms with Gasteiger partial charge in [0.05, 0.1) is 10.6 Å². The quantitative estimate of drug-likeness (QED) is 0.887. The van der Waals surface area contributed by atoms with Gasteiger partial charge in [0, 0.05) is 5.56 Å². The molecule has 1 atom stereocenters. The first kappa shape index (κ1) is 15.0. The molecule has 0 unspecified atom stereocenters. The summed E-state index contributed by atoms with van der Waals surface area (Å²) < 4.78 is 19.3. The number of ether oxygens (including phenoxy) is 1.